The lowest BCUT2D eigenvalue weighted by atomic mass is 10.1. The zero-order valence-electron chi connectivity index (χ0n) is 12.4. The average molecular weight is 278 g/mol. The van der Waals surface area contributed by atoms with E-state index in [4.69, 9.17) is 0 Å². The van der Waals surface area contributed by atoms with E-state index in [1.165, 1.54) is 5.56 Å². The van der Waals surface area contributed by atoms with Crippen molar-refractivity contribution in [2.24, 2.45) is 4.99 Å². The number of nitrogens with one attached hydrogen (secondary N) is 1. The molecular formula is C18H18N2O. The lowest BCUT2D eigenvalue weighted by Gasteiger charge is -2.01. The number of hydrogen-bond acceptors (Lipinski definition) is 2. The minimum absolute atomic E-state index is 0.161. The number of H-pyrrole nitrogens is 1. The summed E-state index contributed by atoms with van der Waals surface area (Å²) in [5.41, 5.74) is 6.00. The summed E-state index contributed by atoms with van der Waals surface area (Å²) in [6.07, 6.45) is 1.74. The first kappa shape index (κ1) is 13.4. The molecule has 3 aromatic rings. The average Bonchev–Trinajstić information content (AvgIpc) is 2.77. The van der Waals surface area contributed by atoms with Crippen LogP contribution in [0.5, 0.6) is 5.88 Å². The van der Waals surface area contributed by atoms with Gasteiger partial charge in [-0.25, -0.2) is 0 Å². The molecule has 0 radical (unpaired) electrons. The fourth-order valence-corrected chi connectivity index (χ4v) is 2.56. The number of rotatable bonds is 2. The second-order valence-corrected chi connectivity index (χ2v) is 5.43. The number of aromatic amines is 1. The molecule has 3 nitrogen and oxygen atoms in total. The molecule has 2 aromatic carbocycles. The van der Waals surface area contributed by atoms with Gasteiger partial charge in [0, 0.05) is 17.1 Å². The van der Waals surface area contributed by atoms with E-state index in [1.54, 1.807) is 6.21 Å². The zero-order valence-corrected chi connectivity index (χ0v) is 12.4. The van der Waals surface area contributed by atoms with Crippen LogP contribution in [0.2, 0.25) is 0 Å². The van der Waals surface area contributed by atoms with E-state index < -0.39 is 0 Å². The van der Waals surface area contributed by atoms with Crippen LogP contribution in [0, 0.1) is 20.8 Å². The monoisotopic (exact) mass is 278 g/mol. The van der Waals surface area contributed by atoms with Gasteiger partial charge in [-0.1, -0.05) is 24.3 Å². The van der Waals surface area contributed by atoms with Crippen LogP contribution in [-0.2, 0) is 0 Å². The fraction of sp³-hybridized carbons (Fsp3) is 0.167. The molecule has 1 aromatic heterocycles. The van der Waals surface area contributed by atoms with Crippen LogP contribution in [0.4, 0.5) is 5.69 Å². The normalized spacial score (nSPS) is 11.6. The number of nitrogens with zero attached hydrogens (tertiary/aromatic N) is 1. The lowest BCUT2D eigenvalue weighted by molar-refractivity contribution is 0.457. The van der Waals surface area contributed by atoms with Crippen molar-refractivity contribution >= 4 is 22.8 Å². The Balaban J connectivity index is 2.11. The van der Waals surface area contributed by atoms with E-state index in [2.05, 4.69) is 22.1 Å². The molecule has 0 atom stereocenters. The Morgan fingerprint density at radius 1 is 1.05 bits per heavy atom. The molecule has 0 saturated heterocycles. The molecule has 0 spiro atoms. The topological polar surface area (TPSA) is 48.4 Å². The Labute approximate surface area is 124 Å². The fourth-order valence-electron chi connectivity index (χ4n) is 2.56. The highest BCUT2D eigenvalue weighted by Gasteiger charge is 2.10. The van der Waals surface area contributed by atoms with Gasteiger partial charge in [-0.2, -0.15) is 0 Å². The van der Waals surface area contributed by atoms with Crippen LogP contribution >= 0.6 is 0 Å². The van der Waals surface area contributed by atoms with Crippen molar-refractivity contribution < 1.29 is 5.11 Å². The molecule has 0 bridgehead atoms. The number of fused-ring (bicyclic) bond motifs is 1. The van der Waals surface area contributed by atoms with Crippen molar-refractivity contribution in [2.75, 3.05) is 0 Å². The van der Waals surface area contributed by atoms with E-state index in [0.29, 0.717) is 0 Å². The standard InChI is InChI=1S/C18H18N2O/c1-11-7-8-12(2)16(9-11)19-10-14-17-13(3)5-4-6-15(17)20-18(14)21/h4-10,20-21H,1-3H3. The third kappa shape index (κ3) is 2.42. The predicted molar refractivity (Wildman–Crippen MR) is 87.9 cm³/mol. The van der Waals surface area contributed by atoms with Gasteiger partial charge in [-0.15, -0.1) is 0 Å². The van der Waals surface area contributed by atoms with E-state index in [1.807, 2.05) is 45.0 Å². The van der Waals surface area contributed by atoms with Crippen molar-refractivity contribution in [3.8, 4) is 5.88 Å². The van der Waals surface area contributed by atoms with E-state index in [0.717, 1.165) is 33.3 Å². The summed E-state index contributed by atoms with van der Waals surface area (Å²) < 4.78 is 0. The molecular weight excluding hydrogens is 260 g/mol. The summed E-state index contributed by atoms with van der Waals surface area (Å²) in [5, 5.41) is 11.1. The van der Waals surface area contributed by atoms with Gasteiger partial charge in [0.1, 0.15) is 0 Å². The highest BCUT2D eigenvalue weighted by molar-refractivity contribution is 6.04. The summed E-state index contributed by atoms with van der Waals surface area (Å²) in [6, 6.07) is 12.1. The van der Waals surface area contributed by atoms with E-state index in [9.17, 15) is 5.11 Å². The van der Waals surface area contributed by atoms with Crippen molar-refractivity contribution in [1.29, 1.82) is 0 Å². The first-order valence-electron chi connectivity index (χ1n) is 6.98. The highest BCUT2D eigenvalue weighted by Crippen LogP contribution is 2.29. The van der Waals surface area contributed by atoms with Crippen molar-refractivity contribution in [1.82, 2.24) is 4.98 Å². The number of aromatic hydroxyl groups is 1. The second kappa shape index (κ2) is 5.09. The summed E-state index contributed by atoms with van der Waals surface area (Å²) in [7, 11) is 0. The molecule has 0 saturated carbocycles. The largest absolute Gasteiger partial charge is 0.494 e. The first-order valence-corrected chi connectivity index (χ1v) is 6.98. The minimum Gasteiger partial charge on any atom is -0.494 e. The van der Waals surface area contributed by atoms with Gasteiger partial charge in [0.2, 0.25) is 0 Å². The maximum absolute atomic E-state index is 10.1. The molecule has 0 aliphatic heterocycles. The molecule has 0 unspecified atom stereocenters. The molecule has 0 amide bonds. The number of hydrogen-bond donors (Lipinski definition) is 2. The quantitative estimate of drug-likeness (QED) is 0.664. The first-order chi connectivity index (χ1) is 10.1. The highest BCUT2D eigenvalue weighted by atomic mass is 16.3. The number of aliphatic imine (C=N–C) groups is 1. The van der Waals surface area contributed by atoms with Gasteiger partial charge in [0.15, 0.2) is 5.88 Å². The zero-order chi connectivity index (χ0) is 15.0. The minimum atomic E-state index is 0.161. The van der Waals surface area contributed by atoms with Gasteiger partial charge < -0.3 is 10.1 Å². The van der Waals surface area contributed by atoms with Crippen molar-refractivity contribution in [2.45, 2.75) is 20.8 Å². The molecule has 1 heterocycles. The van der Waals surface area contributed by atoms with Gasteiger partial charge in [-0.3, -0.25) is 4.99 Å². The third-order valence-corrected chi connectivity index (χ3v) is 3.75. The number of aryl methyl sites for hydroxylation is 3. The molecule has 0 aliphatic carbocycles. The van der Waals surface area contributed by atoms with Crippen LogP contribution in [-0.4, -0.2) is 16.3 Å². The Kier molecular flexibility index (Phi) is 3.26. The van der Waals surface area contributed by atoms with Crippen LogP contribution in [0.25, 0.3) is 10.9 Å². The molecule has 2 N–H and O–H groups in total. The Morgan fingerprint density at radius 3 is 2.67 bits per heavy atom. The molecule has 106 valence electrons. The maximum Gasteiger partial charge on any atom is 0.198 e. The number of aromatic nitrogens is 1. The Hall–Kier alpha value is -2.55. The van der Waals surface area contributed by atoms with Gasteiger partial charge in [0.05, 0.1) is 11.3 Å². The second-order valence-electron chi connectivity index (χ2n) is 5.43. The number of benzene rings is 2. The van der Waals surface area contributed by atoms with Gasteiger partial charge in [-0.05, 0) is 49.6 Å². The third-order valence-electron chi connectivity index (χ3n) is 3.75. The van der Waals surface area contributed by atoms with Crippen LogP contribution < -0.4 is 0 Å². The van der Waals surface area contributed by atoms with Crippen molar-refractivity contribution in [3.05, 3.63) is 58.7 Å². The van der Waals surface area contributed by atoms with Crippen LogP contribution in [0.15, 0.2) is 41.4 Å². The molecule has 3 heteroatoms. The van der Waals surface area contributed by atoms with E-state index in [-0.39, 0.29) is 5.88 Å². The smallest absolute Gasteiger partial charge is 0.198 e. The summed E-state index contributed by atoms with van der Waals surface area (Å²) >= 11 is 0. The summed E-state index contributed by atoms with van der Waals surface area (Å²) in [6.45, 7) is 6.11. The SMILES string of the molecule is Cc1ccc(C)c(N=Cc2c(O)[nH]c3cccc(C)c23)c1. The maximum atomic E-state index is 10.1. The van der Waals surface area contributed by atoms with Crippen LogP contribution in [0.3, 0.4) is 0 Å². The molecule has 0 fully saturated rings. The van der Waals surface area contributed by atoms with Crippen LogP contribution in [0.1, 0.15) is 22.3 Å². The summed E-state index contributed by atoms with van der Waals surface area (Å²) in [5.74, 6) is 0.161. The van der Waals surface area contributed by atoms with Gasteiger partial charge >= 0.3 is 0 Å². The van der Waals surface area contributed by atoms with Gasteiger partial charge in [0.25, 0.3) is 0 Å². The van der Waals surface area contributed by atoms with Crippen molar-refractivity contribution in [3.63, 3.8) is 0 Å². The lowest BCUT2D eigenvalue weighted by Crippen LogP contribution is -1.83. The molecule has 3 rings (SSSR count). The molecule has 21 heavy (non-hydrogen) atoms. The Morgan fingerprint density at radius 2 is 1.86 bits per heavy atom. The summed E-state index contributed by atoms with van der Waals surface area (Å²) in [4.78, 5) is 7.55. The molecule has 0 aliphatic rings. The Bertz CT molecular complexity index is 844. The predicted octanol–water partition coefficient (Wildman–Crippen LogP) is 4.55. The van der Waals surface area contributed by atoms with E-state index >= 15 is 0 Å².